The fraction of sp³-hybridized carbons (Fsp3) is 0.286. The summed E-state index contributed by atoms with van der Waals surface area (Å²) >= 11 is 6.35. The molecule has 0 saturated carbocycles. The molecule has 2 nitrogen and oxygen atoms in total. The van der Waals surface area contributed by atoms with Crippen molar-refractivity contribution in [2.75, 3.05) is 6.54 Å². The monoisotopic (exact) mass is 357 g/mol. The van der Waals surface area contributed by atoms with Crippen molar-refractivity contribution < 1.29 is 9.18 Å². The SMILES string of the molecule is C/C(=C1/CCCNC1=O)c1cc(Cl)cc(-c2ccc(C)c(F)c2)c1C. The highest BCUT2D eigenvalue weighted by molar-refractivity contribution is 6.31. The zero-order valence-electron chi connectivity index (χ0n) is 14.7. The molecular formula is C21H21ClFNO. The van der Waals surface area contributed by atoms with Crippen molar-refractivity contribution >= 4 is 23.1 Å². The summed E-state index contributed by atoms with van der Waals surface area (Å²) in [7, 11) is 0. The number of allylic oxidation sites excluding steroid dienone is 1. The summed E-state index contributed by atoms with van der Waals surface area (Å²) in [4.78, 5) is 12.2. The molecule has 130 valence electrons. The summed E-state index contributed by atoms with van der Waals surface area (Å²) in [5, 5.41) is 3.47. The smallest absolute Gasteiger partial charge is 0.247 e. The van der Waals surface area contributed by atoms with Gasteiger partial charge in [0.2, 0.25) is 5.91 Å². The van der Waals surface area contributed by atoms with Gasteiger partial charge in [0.1, 0.15) is 5.82 Å². The summed E-state index contributed by atoms with van der Waals surface area (Å²) in [6.45, 7) is 6.41. The standard InChI is InChI=1S/C21H21ClFNO/c1-12-6-7-15(9-20(12)23)19-11-16(22)10-18(14(19)3)13(2)17-5-4-8-24-21(17)25/h6-7,9-11H,4-5,8H2,1-3H3,(H,24,25)/b17-13+. The number of halogens is 2. The van der Waals surface area contributed by atoms with Crippen molar-refractivity contribution in [1.29, 1.82) is 0 Å². The molecule has 1 heterocycles. The van der Waals surface area contributed by atoms with E-state index in [2.05, 4.69) is 5.32 Å². The summed E-state index contributed by atoms with van der Waals surface area (Å²) in [6, 6.07) is 8.94. The predicted octanol–water partition coefficient (Wildman–Crippen LogP) is 5.45. The second-order valence-electron chi connectivity index (χ2n) is 6.55. The fourth-order valence-corrected chi connectivity index (χ4v) is 3.55. The van der Waals surface area contributed by atoms with Crippen LogP contribution in [0.25, 0.3) is 16.7 Å². The van der Waals surface area contributed by atoms with Crippen LogP contribution in [0.1, 0.15) is 36.5 Å². The van der Waals surface area contributed by atoms with Crippen LogP contribution in [0.2, 0.25) is 5.02 Å². The lowest BCUT2D eigenvalue weighted by Gasteiger charge is -2.20. The Bertz CT molecular complexity index is 886. The highest BCUT2D eigenvalue weighted by Gasteiger charge is 2.20. The van der Waals surface area contributed by atoms with Crippen LogP contribution in [0.5, 0.6) is 0 Å². The van der Waals surface area contributed by atoms with Crippen molar-refractivity contribution in [3.05, 3.63) is 63.4 Å². The molecule has 1 N–H and O–H groups in total. The van der Waals surface area contributed by atoms with E-state index in [1.54, 1.807) is 13.0 Å². The summed E-state index contributed by atoms with van der Waals surface area (Å²) in [5.41, 5.74) is 5.96. The minimum atomic E-state index is -0.236. The molecule has 4 heteroatoms. The van der Waals surface area contributed by atoms with E-state index in [0.717, 1.165) is 52.8 Å². The molecule has 3 rings (SSSR count). The quantitative estimate of drug-likeness (QED) is 0.712. The van der Waals surface area contributed by atoms with Gasteiger partial charge in [-0.05, 0) is 85.2 Å². The molecule has 2 aromatic carbocycles. The number of carbonyl (C=O) groups is 1. The Kier molecular flexibility index (Phi) is 4.96. The first kappa shape index (κ1) is 17.7. The molecule has 0 bridgehead atoms. The van der Waals surface area contributed by atoms with Crippen molar-refractivity contribution in [3.8, 4) is 11.1 Å². The molecule has 25 heavy (non-hydrogen) atoms. The summed E-state index contributed by atoms with van der Waals surface area (Å²) in [5.74, 6) is -0.244. The zero-order valence-corrected chi connectivity index (χ0v) is 15.4. The molecule has 1 aliphatic rings. The second-order valence-corrected chi connectivity index (χ2v) is 6.99. The minimum absolute atomic E-state index is 0.00828. The van der Waals surface area contributed by atoms with Crippen molar-refractivity contribution in [1.82, 2.24) is 5.32 Å². The van der Waals surface area contributed by atoms with Gasteiger partial charge in [0.15, 0.2) is 0 Å². The van der Waals surface area contributed by atoms with Crippen LogP contribution in [-0.2, 0) is 4.79 Å². The van der Waals surface area contributed by atoms with E-state index in [1.165, 1.54) is 6.07 Å². The second kappa shape index (κ2) is 7.01. The number of hydrogen-bond donors (Lipinski definition) is 1. The summed E-state index contributed by atoms with van der Waals surface area (Å²) in [6.07, 6.45) is 1.70. The molecule has 0 unspecified atom stereocenters. The van der Waals surface area contributed by atoms with Crippen molar-refractivity contribution in [2.45, 2.75) is 33.6 Å². The normalized spacial score (nSPS) is 16.6. The molecule has 0 aliphatic carbocycles. The van der Waals surface area contributed by atoms with Gasteiger partial charge in [0, 0.05) is 17.1 Å². The maximum atomic E-state index is 14.0. The first-order valence-corrected chi connectivity index (χ1v) is 8.81. The topological polar surface area (TPSA) is 29.1 Å². The van der Waals surface area contributed by atoms with Crippen LogP contribution < -0.4 is 5.32 Å². The van der Waals surface area contributed by atoms with Crippen molar-refractivity contribution in [2.24, 2.45) is 0 Å². The first-order valence-electron chi connectivity index (χ1n) is 8.43. The molecule has 0 atom stereocenters. The third-order valence-corrected chi connectivity index (χ3v) is 5.09. The Labute approximate surface area is 152 Å². The Morgan fingerprint density at radius 3 is 2.64 bits per heavy atom. The number of amides is 1. The average molecular weight is 358 g/mol. The molecule has 0 spiro atoms. The minimum Gasteiger partial charge on any atom is -0.352 e. The lowest BCUT2D eigenvalue weighted by atomic mass is 9.89. The van der Waals surface area contributed by atoms with Crippen LogP contribution in [0.3, 0.4) is 0 Å². The maximum Gasteiger partial charge on any atom is 0.247 e. The lowest BCUT2D eigenvalue weighted by molar-refractivity contribution is -0.118. The molecule has 1 saturated heterocycles. The largest absolute Gasteiger partial charge is 0.352 e. The van der Waals surface area contributed by atoms with Crippen LogP contribution in [0.4, 0.5) is 4.39 Å². The van der Waals surface area contributed by atoms with Gasteiger partial charge >= 0.3 is 0 Å². The molecule has 0 radical (unpaired) electrons. The van der Waals surface area contributed by atoms with E-state index in [1.807, 2.05) is 32.0 Å². The predicted molar refractivity (Wildman–Crippen MR) is 101 cm³/mol. The van der Waals surface area contributed by atoms with E-state index in [-0.39, 0.29) is 11.7 Å². The Balaban J connectivity index is 2.16. The molecular weight excluding hydrogens is 337 g/mol. The Hall–Kier alpha value is -2.13. The number of rotatable bonds is 2. The highest BCUT2D eigenvalue weighted by atomic mass is 35.5. The number of hydrogen-bond acceptors (Lipinski definition) is 1. The number of carbonyl (C=O) groups excluding carboxylic acids is 1. The van der Waals surface area contributed by atoms with Gasteiger partial charge in [0.25, 0.3) is 0 Å². The zero-order chi connectivity index (χ0) is 18.1. The van der Waals surface area contributed by atoms with E-state index < -0.39 is 0 Å². The highest BCUT2D eigenvalue weighted by Crippen LogP contribution is 2.35. The van der Waals surface area contributed by atoms with Gasteiger partial charge in [-0.1, -0.05) is 23.7 Å². The Morgan fingerprint density at radius 2 is 1.96 bits per heavy atom. The average Bonchev–Trinajstić information content (AvgIpc) is 2.59. The maximum absolute atomic E-state index is 14.0. The van der Waals surface area contributed by atoms with Gasteiger partial charge < -0.3 is 5.32 Å². The Morgan fingerprint density at radius 1 is 1.20 bits per heavy atom. The number of benzene rings is 2. The number of piperidine rings is 1. The van der Waals surface area contributed by atoms with Gasteiger partial charge in [-0.25, -0.2) is 4.39 Å². The van der Waals surface area contributed by atoms with Crippen molar-refractivity contribution in [3.63, 3.8) is 0 Å². The van der Waals surface area contributed by atoms with Gasteiger partial charge in [-0.3, -0.25) is 4.79 Å². The molecule has 1 fully saturated rings. The van der Waals surface area contributed by atoms with Gasteiger partial charge in [-0.15, -0.1) is 0 Å². The molecule has 2 aromatic rings. The summed E-state index contributed by atoms with van der Waals surface area (Å²) < 4.78 is 14.0. The first-order chi connectivity index (χ1) is 11.9. The van der Waals surface area contributed by atoms with Crippen LogP contribution >= 0.6 is 11.6 Å². The number of nitrogens with one attached hydrogen (secondary N) is 1. The van der Waals surface area contributed by atoms with Gasteiger partial charge in [-0.2, -0.15) is 0 Å². The van der Waals surface area contributed by atoms with E-state index in [0.29, 0.717) is 10.6 Å². The molecule has 0 aromatic heterocycles. The van der Waals surface area contributed by atoms with Crippen LogP contribution in [0.15, 0.2) is 35.9 Å². The van der Waals surface area contributed by atoms with E-state index in [9.17, 15) is 9.18 Å². The fourth-order valence-electron chi connectivity index (χ4n) is 3.34. The van der Waals surface area contributed by atoms with E-state index in [4.69, 9.17) is 11.6 Å². The molecule has 1 aliphatic heterocycles. The lowest BCUT2D eigenvalue weighted by Crippen LogP contribution is -2.31. The van der Waals surface area contributed by atoms with Crippen LogP contribution in [0, 0.1) is 19.7 Å². The molecule has 1 amide bonds. The van der Waals surface area contributed by atoms with Crippen LogP contribution in [-0.4, -0.2) is 12.5 Å². The van der Waals surface area contributed by atoms with Gasteiger partial charge in [0.05, 0.1) is 0 Å². The third-order valence-electron chi connectivity index (χ3n) is 4.88. The third kappa shape index (κ3) is 3.47. The number of aryl methyl sites for hydroxylation is 1. The van der Waals surface area contributed by atoms with E-state index >= 15 is 0 Å².